The van der Waals surface area contributed by atoms with E-state index in [-0.39, 0.29) is 48.2 Å². The summed E-state index contributed by atoms with van der Waals surface area (Å²) in [6.07, 6.45) is -2.82. The number of carbonyl (C=O) groups excluding carboxylic acids is 2. The van der Waals surface area contributed by atoms with Crippen molar-refractivity contribution in [3.8, 4) is 0 Å². The van der Waals surface area contributed by atoms with E-state index in [1.54, 1.807) is 13.0 Å². The Labute approximate surface area is 238 Å². The van der Waals surface area contributed by atoms with E-state index in [0.29, 0.717) is 23.3 Å². The van der Waals surface area contributed by atoms with Crippen molar-refractivity contribution in [2.24, 2.45) is 22.9 Å². The van der Waals surface area contributed by atoms with E-state index in [0.717, 1.165) is 25.7 Å². The number of halogens is 5. The first-order valence-corrected chi connectivity index (χ1v) is 14.4. The van der Waals surface area contributed by atoms with Crippen molar-refractivity contribution in [3.63, 3.8) is 0 Å². The van der Waals surface area contributed by atoms with Crippen molar-refractivity contribution in [1.29, 1.82) is 0 Å². The lowest BCUT2D eigenvalue weighted by Gasteiger charge is -2.38. The van der Waals surface area contributed by atoms with E-state index in [1.807, 2.05) is 5.32 Å². The molecule has 0 radical (unpaired) electrons. The monoisotopic (exact) mass is 599 g/mol. The smallest absolute Gasteiger partial charge is 0.361 e. The Morgan fingerprint density at radius 2 is 1.74 bits per heavy atom. The normalized spacial score (nSPS) is 26.8. The molecule has 0 saturated heterocycles. The lowest BCUT2D eigenvalue weighted by atomic mass is 9.69. The molecular weight excluding hydrogens is 565 g/mol. The maximum atomic E-state index is 14.1. The highest BCUT2D eigenvalue weighted by molar-refractivity contribution is 6.41. The quantitative estimate of drug-likeness (QED) is 0.275. The van der Waals surface area contributed by atoms with Gasteiger partial charge in [0.05, 0.1) is 28.9 Å². The van der Waals surface area contributed by atoms with Crippen molar-refractivity contribution >= 4 is 29.0 Å². The molecule has 3 fully saturated rings. The van der Waals surface area contributed by atoms with Gasteiger partial charge in [-0.25, -0.2) is 13.8 Å². The molecule has 3 saturated carbocycles. The number of nitrogens with one attached hydrogen (secondary N) is 5. The second-order valence-corrected chi connectivity index (χ2v) is 12.3. The number of rotatable bonds is 9. The summed E-state index contributed by atoms with van der Waals surface area (Å²) in [5.74, 6) is -2.89. The average Bonchev–Trinajstić information content (AvgIpc) is 3.86. The van der Waals surface area contributed by atoms with Gasteiger partial charge in [0.1, 0.15) is 12.7 Å². The van der Waals surface area contributed by atoms with Crippen molar-refractivity contribution < 1.29 is 36.5 Å². The third-order valence-corrected chi connectivity index (χ3v) is 9.13. The number of hydroxylamine groups is 1. The Morgan fingerprint density at radius 3 is 2.31 bits per heavy atom. The summed E-state index contributed by atoms with van der Waals surface area (Å²) >= 11 is 0. The molecule has 2 amide bonds. The largest absolute Gasteiger partial charge is 0.405 e. The molecule has 3 atom stereocenters. The molecule has 1 aromatic rings. The van der Waals surface area contributed by atoms with Crippen LogP contribution in [0.2, 0.25) is 0 Å². The lowest BCUT2D eigenvalue weighted by Crippen LogP contribution is -2.56. The van der Waals surface area contributed by atoms with Gasteiger partial charge < -0.3 is 21.3 Å². The summed E-state index contributed by atoms with van der Waals surface area (Å²) in [6, 6.07) is 2.42. The maximum absolute atomic E-state index is 14.1. The fourth-order valence-corrected chi connectivity index (χ4v) is 6.56. The summed E-state index contributed by atoms with van der Waals surface area (Å²) in [6.45, 7) is 0.196. The van der Waals surface area contributed by atoms with Crippen LogP contribution < -0.4 is 26.7 Å². The van der Waals surface area contributed by atoms with E-state index in [4.69, 9.17) is 4.94 Å². The second kappa shape index (κ2) is 10.5. The van der Waals surface area contributed by atoms with Crippen LogP contribution >= 0.6 is 0 Å². The number of hydrogen-bond donors (Lipinski definition) is 5. The highest BCUT2D eigenvalue weighted by atomic mass is 19.4. The summed E-state index contributed by atoms with van der Waals surface area (Å²) in [4.78, 5) is 35.9. The fourth-order valence-electron chi connectivity index (χ4n) is 6.56. The van der Waals surface area contributed by atoms with Gasteiger partial charge >= 0.3 is 6.18 Å². The molecule has 6 rings (SSSR count). The maximum Gasteiger partial charge on any atom is 0.405 e. The predicted molar refractivity (Wildman–Crippen MR) is 141 cm³/mol. The topological polar surface area (TPSA) is 129 Å². The first-order valence-electron chi connectivity index (χ1n) is 14.4. The third-order valence-electron chi connectivity index (χ3n) is 9.13. The summed E-state index contributed by atoms with van der Waals surface area (Å²) < 4.78 is 67.0. The summed E-state index contributed by atoms with van der Waals surface area (Å²) in [7, 11) is 0. The molecule has 5 aliphatic rings. The number of amides is 2. The number of alkyl halides is 5. The Morgan fingerprint density at radius 1 is 1.07 bits per heavy atom. The van der Waals surface area contributed by atoms with E-state index >= 15 is 0 Å². The van der Waals surface area contributed by atoms with Crippen LogP contribution in [0.25, 0.3) is 0 Å². The van der Waals surface area contributed by atoms with Crippen LogP contribution in [0, 0.1) is 17.8 Å². The Balaban J connectivity index is 1.26. The van der Waals surface area contributed by atoms with E-state index in [2.05, 4.69) is 31.6 Å². The highest BCUT2D eigenvalue weighted by Crippen LogP contribution is 2.52. The SMILES string of the molecule is CC1NON=C1C(=O)N[C@H](C1Nc2ccc(C3(C(=O)NCC(F)(F)F)CCC(F)(F)CC3)nc2N1)C(C1CC1)C1CC1. The first-order chi connectivity index (χ1) is 19.9. The van der Waals surface area contributed by atoms with Crippen LogP contribution in [-0.2, 0) is 19.9 Å². The van der Waals surface area contributed by atoms with Gasteiger partial charge in [0.2, 0.25) is 11.8 Å². The molecule has 15 heteroatoms. The lowest BCUT2D eigenvalue weighted by molar-refractivity contribution is -0.145. The minimum Gasteiger partial charge on any atom is -0.361 e. The van der Waals surface area contributed by atoms with Gasteiger partial charge in [-0.2, -0.15) is 13.2 Å². The molecule has 3 heterocycles. The highest BCUT2D eigenvalue weighted by Gasteiger charge is 2.52. The standard InChI is InChI=1S/C27H34F5N7O3/c1-13-19(39-42-38-13)23(40)36-20(18(14-2-3-14)15-4-5-15)22-34-16-6-7-17(35-21(16)37-22)25(8-10-26(28,29)11-9-25)24(41)33-12-27(30,31)32/h6-7,13-15,18,20,22,34,38H,2-5,8-12H2,1H3,(H,33,41)(H,35,37)(H,36,40)/t13?,20-,22?/m0/s1. The second-order valence-electron chi connectivity index (χ2n) is 12.3. The molecule has 3 aliphatic carbocycles. The zero-order valence-corrected chi connectivity index (χ0v) is 23.0. The minimum absolute atomic E-state index is 0.130. The summed E-state index contributed by atoms with van der Waals surface area (Å²) in [5, 5.41) is 15.6. The molecule has 2 aliphatic heterocycles. The minimum atomic E-state index is -4.65. The zero-order valence-electron chi connectivity index (χ0n) is 23.0. The first kappa shape index (κ1) is 28.9. The number of hydrogen-bond acceptors (Lipinski definition) is 8. The van der Waals surface area contributed by atoms with Gasteiger partial charge in [0.15, 0.2) is 11.5 Å². The van der Waals surface area contributed by atoms with Gasteiger partial charge in [-0.15, -0.1) is 5.48 Å². The molecule has 2 unspecified atom stereocenters. The van der Waals surface area contributed by atoms with E-state index in [1.165, 1.54) is 6.07 Å². The predicted octanol–water partition coefficient (Wildman–Crippen LogP) is 3.57. The molecule has 230 valence electrons. The Hall–Kier alpha value is -3.23. The van der Waals surface area contributed by atoms with Crippen LogP contribution in [0.15, 0.2) is 17.3 Å². The zero-order chi connectivity index (χ0) is 29.9. The molecule has 10 nitrogen and oxygen atoms in total. The molecule has 5 N–H and O–H groups in total. The number of anilines is 2. The fraction of sp³-hybridized carbons (Fsp3) is 0.704. The van der Waals surface area contributed by atoms with Gasteiger partial charge in [0, 0.05) is 12.8 Å². The number of aromatic nitrogens is 1. The number of oxime groups is 1. The van der Waals surface area contributed by atoms with Gasteiger partial charge in [-0.3, -0.25) is 14.5 Å². The molecular formula is C27H34F5N7O3. The molecule has 0 aromatic carbocycles. The number of nitrogens with zero attached hydrogens (tertiary/aromatic N) is 2. The van der Waals surface area contributed by atoms with E-state index in [9.17, 15) is 31.5 Å². The van der Waals surface area contributed by atoms with Crippen LogP contribution in [-0.4, -0.2) is 59.4 Å². The Bertz CT molecular complexity index is 1240. The van der Waals surface area contributed by atoms with Gasteiger partial charge in [-0.1, -0.05) is 5.16 Å². The third kappa shape index (κ3) is 5.84. The molecule has 0 bridgehead atoms. The number of fused-ring (bicyclic) bond motifs is 1. The van der Waals surface area contributed by atoms with Crippen molar-refractivity contribution in [2.45, 2.75) is 94.1 Å². The van der Waals surface area contributed by atoms with E-state index < -0.39 is 49.0 Å². The van der Waals surface area contributed by atoms with Gasteiger partial charge in [-0.05, 0) is 75.3 Å². The Kier molecular flexibility index (Phi) is 7.21. The molecule has 0 spiro atoms. The summed E-state index contributed by atoms with van der Waals surface area (Å²) in [5.41, 5.74) is 1.93. The molecule has 1 aromatic heterocycles. The van der Waals surface area contributed by atoms with Crippen LogP contribution in [0.4, 0.5) is 33.5 Å². The van der Waals surface area contributed by atoms with Crippen LogP contribution in [0.5, 0.6) is 0 Å². The number of pyridine rings is 1. The van der Waals surface area contributed by atoms with Gasteiger partial charge in [0.25, 0.3) is 5.91 Å². The van der Waals surface area contributed by atoms with Crippen molar-refractivity contribution in [3.05, 3.63) is 17.8 Å². The van der Waals surface area contributed by atoms with Crippen LogP contribution in [0.3, 0.4) is 0 Å². The van der Waals surface area contributed by atoms with Crippen molar-refractivity contribution in [1.82, 2.24) is 21.1 Å². The number of carbonyl (C=O) groups is 2. The van der Waals surface area contributed by atoms with Crippen LogP contribution in [0.1, 0.15) is 64.0 Å². The molecule has 42 heavy (non-hydrogen) atoms. The van der Waals surface area contributed by atoms with Crippen molar-refractivity contribution in [2.75, 3.05) is 17.2 Å². The average molecular weight is 600 g/mol.